The summed E-state index contributed by atoms with van der Waals surface area (Å²) in [6, 6.07) is 11.1. The number of ether oxygens (including phenoxy) is 1. The molecule has 1 aromatic carbocycles. The van der Waals surface area contributed by atoms with Gasteiger partial charge in [0, 0.05) is 18.8 Å². The second kappa shape index (κ2) is 5.26. The van der Waals surface area contributed by atoms with Crippen molar-refractivity contribution in [1.82, 2.24) is 4.68 Å². The molecule has 2 aliphatic rings. The van der Waals surface area contributed by atoms with Gasteiger partial charge in [0.2, 0.25) is 5.43 Å². The molecule has 0 bridgehead atoms. The third-order valence-electron chi connectivity index (χ3n) is 4.88. The summed E-state index contributed by atoms with van der Waals surface area (Å²) >= 11 is 0. The van der Waals surface area contributed by atoms with Crippen LogP contribution in [-0.4, -0.2) is 17.0 Å². The maximum atomic E-state index is 12.9. The number of aromatic nitrogens is 1. The minimum Gasteiger partial charge on any atom is -0.483 e. The third-order valence-corrected chi connectivity index (χ3v) is 4.88. The number of nitrogens with one attached hydrogen (secondary N) is 1. The van der Waals surface area contributed by atoms with Crippen molar-refractivity contribution in [2.24, 2.45) is 5.41 Å². The van der Waals surface area contributed by atoms with Crippen LogP contribution in [0.15, 0.2) is 47.4 Å². The highest BCUT2D eigenvalue weighted by molar-refractivity contribution is 6.03. The molecule has 0 amide bonds. The van der Waals surface area contributed by atoms with Gasteiger partial charge in [-0.05, 0) is 18.4 Å². The maximum absolute atomic E-state index is 12.9. The summed E-state index contributed by atoms with van der Waals surface area (Å²) in [5.74, 6) is 0.183. The molecular weight excluding hydrogens is 292 g/mol. The Hall–Kier alpha value is -2.56. The molecule has 1 aromatic heterocycles. The van der Waals surface area contributed by atoms with E-state index in [0.29, 0.717) is 12.2 Å². The first-order valence-corrected chi connectivity index (χ1v) is 7.91. The molecule has 1 saturated carbocycles. The average Bonchev–Trinajstić information content (AvgIpc) is 2.54. The van der Waals surface area contributed by atoms with Crippen LogP contribution < -0.4 is 15.6 Å². The molecule has 0 radical (unpaired) electrons. The summed E-state index contributed by atoms with van der Waals surface area (Å²) in [6.45, 7) is 0.896. The van der Waals surface area contributed by atoms with Crippen LogP contribution in [0.25, 0.3) is 0 Å². The van der Waals surface area contributed by atoms with Gasteiger partial charge in [0.1, 0.15) is 6.61 Å². The smallest absolute Gasteiger partial charge is 0.224 e. The Kier molecular flexibility index (Phi) is 3.22. The number of hydrogen-bond acceptors (Lipinski definition) is 4. The number of rotatable bonds is 3. The molecule has 0 atom stereocenters. The Morgan fingerprint density at radius 2 is 1.91 bits per heavy atom. The molecule has 5 heteroatoms. The SMILES string of the molecule is O=C1c2c(OCc3ccccc3)c(=O)ccn2NCC12CCC2. The first-order chi connectivity index (χ1) is 11.2. The van der Waals surface area contributed by atoms with Gasteiger partial charge in [-0.25, -0.2) is 0 Å². The van der Waals surface area contributed by atoms with Crippen molar-refractivity contribution in [3.8, 4) is 5.75 Å². The van der Waals surface area contributed by atoms with Crippen LogP contribution in [0.1, 0.15) is 35.3 Å². The quantitative estimate of drug-likeness (QED) is 0.945. The average molecular weight is 310 g/mol. The second-order valence-corrected chi connectivity index (χ2v) is 6.30. The summed E-state index contributed by atoms with van der Waals surface area (Å²) in [7, 11) is 0. The highest BCUT2D eigenvalue weighted by Gasteiger charge is 2.48. The van der Waals surface area contributed by atoms with Crippen LogP contribution in [0.2, 0.25) is 0 Å². The number of fused-ring (bicyclic) bond motifs is 1. The highest BCUT2D eigenvalue weighted by Crippen LogP contribution is 2.45. The molecule has 5 nitrogen and oxygen atoms in total. The fraction of sp³-hybridized carbons (Fsp3) is 0.333. The van der Waals surface area contributed by atoms with E-state index in [0.717, 1.165) is 24.8 Å². The second-order valence-electron chi connectivity index (χ2n) is 6.30. The van der Waals surface area contributed by atoms with E-state index in [4.69, 9.17) is 4.74 Å². The summed E-state index contributed by atoms with van der Waals surface area (Å²) < 4.78 is 7.39. The maximum Gasteiger partial charge on any atom is 0.224 e. The molecule has 1 N–H and O–H groups in total. The van der Waals surface area contributed by atoms with E-state index in [2.05, 4.69) is 5.43 Å². The molecule has 4 rings (SSSR count). The Labute approximate surface area is 133 Å². The van der Waals surface area contributed by atoms with E-state index in [-0.39, 0.29) is 29.0 Å². The van der Waals surface area contributed by atoms with Crippen LogP contribution in [0.3, 0.4) is 0 Å². The summed E-state index contributed by atoms with van der Waals surface area (Å²) in [6.07, 6.45) is 4.42. The normalized spacial score (nSPS) is 18.0. The predicted octanol–water partition coefficient (Wildman–Crippen LogP) is 2.34. The first kappa shape index (κ1) is 14.1. The van der Waals surface area contributed by atoms with Crippen LogP contribution in [0, 0.1) is 5.41 Å². The van der Waals surface area contributed by atoms with Crippen molar-refractivity contribution >= 4 is 5.78 Å². The zero-order valence-electron chi connectivity index (χ0n) is 12.7. The molecule has 2 aromatic rings. The van der Waals surface area contributed by atoms with Crippen molar-refractivity contribution < 1.29 is 9.53 Å². The number of Topliss-reactive ketones (excluding diaryl/α,β-unsaturated/α-hetero) is 1. The lowest BCUT2D eigenvalue weighted by Crippen LogP contribution is -2.51. The number of ketones is 1. The Morgan fingerprint density at radius 1 is 1.13 bits per heavy atom. The van der Waals surface area contributed by atoms with Gasteiger partial charge in [-0.15, -0.1) is 0 Å². The highest BCUT2D eigenvalue weighted by atomic mass is 16.5. The van der Waals surface area contributed by atoms with Gasteiger partial charge in [0.15, 0.2) is 17.2 Å². The fourth-order valence-electron chi connectivity index (χ4n) is 3.31. The summed E-state index contributed by atoms with van der Waals surface area (Å²) in [5.41, 5.74) is 3.95. The molecule has 23 heavy (non-hydrogen) atoms. The van der Waals surface area contributed by atoms with E-state index >= 15 is 0 Å². The van der Waals surface area contributed by atoms with Gasteiger partial charge in [-0.1, -0.05) is 36.8 Å². The number of benzene rings is 1. The standard InChI is InChI=1S/C18H18N2O3/c21-14-7-10-20-15(17(22)18(12-19-20)8-4-9-18)16(14)23-11-13-5-2-1-3-6-13/h1-3,5-7,10,19H,4,8-9,11-12H2. The topological polar surface area (TPSA) is 60.3 Å². The third kappa shape index (κ3) is 2.23. The molecule has 1 fully saturated rings. The number of hydrogen-bond donors (Lipinski definition) is 1. The van der Waals surface area contributed by atoms with Gasteiger partial charge in [0.05, 0.1) is 5.41 Å². The first-order valence-electron chi connectivity index (χ1n) is 7.91. The van der Waals surface area contributed by atoms with Crippen molar-refractivity contribution in [3.63, 3.8) is 0 Å². The predicted molar refractivity (Wildman–Crippen MR) is 86.3 cm³/mol. The molecule has 1 aliphatic carbocycles. The number of nitrogens with zero attached hydrogens (tertiary/aromatic N) is 1. The monoisotopic (exact) mass is 310 g/mol. The van der Waals surface area contributed by atoms with Gasteiger partial charge in [0.25, 0.3) is 0 Å². The van der Waals surface area contributed by atoms with Gasteiger partial charge < -0.3 is 10.2 Å². The van der Waals surface area contributed by atoms with E-state index in [9.17, 15) is 9.59 Å². The lowest BCUT2D eigenvalue weighted by atomic mass is 9.64. The lowest BCUT2D eigenvalue weighted by molar-refractivity contribution is 0.0591. The van der Waals surface area contributed by atoms with Crippen LogP contribution in [0.4, 0.5) is 0 Å². The van der Waals surface area contributed by atoms with Crippen LogP contribution >= 0.6 is 0 Å². The van der Waals surface area contributed by atoms with Crippen molar-refractivity contribution in [1.29, 1.82) is 0 Å². The molecule has 0 unspecified atom stereocenters. The van der Waals surface area contributed by atoms with E-state index in [1.807, 2.05) is 30.3 Å². The Morgan fingerprint density at radius 3 is 2.61 bits per heavy atom. The summed E-state index contributed by atoms with van der Waals surface area (Å²) in [4.78, 5) is 25.2. The lowest BCUT2D eigenvalue weighted by Gasteiger charge is -2.44. The number of carbonyl (C=O) groups is 1. The van der Waals surface area contributed by atoms with Gasteiger partial charge >= 0.3 is 0 Å². The number of carbonyl (C=O) groups excluding carboxylic acids is 1. The van der Waals surface area contributed by atoms with Crippen molar-refractivity contribution in [2.75, 3.05) is 12.0 Å². The van der Waals surface area contributed by atoms with Gasteiger partial charge in [-0.3, -0.25) is 14.3 Å². The van der Waals surface area contributed by atoms with E-state index < -0.39 is 0 Å². The number of pyridine rings is 1. The van der Waals surface area contributed by atoms with Crippen LogP contribution in [0.5, 0.6) is 5.75 Å². The zero-order valence-corrected chi connectivity index (χ0v) is 12.7. The minimum atomic E-state index is -0.349. The molecule has 1 spiro atoms. The molecule has 1 aliphatic heterocycles. The molecule has 0 saturated heterocycles. The van der Waals surface area contributed by atoms with Crippen molar-refractivity contribution in [2.45, 2.75) is 25.9 Å². The largest absolute Gasteiger partial charge is 0.483 e. The van der Waals surface area contributed by atoms with Gasteiger partial charge in [-0.2, -0.15) is 0 Å². The zero-order chi connectivity index (χ0) is 15.9. The molecule has 2 heterocycles. The minimum absolute atomic E-state index is 0.0308. The Bertz CT molecular complexity index is 807. The Balaban J connectivity index is 1.70. The molecule has 118 valence electrons. The molecular formula is C18H18N2O3. The van der Waals surface area contributed by atoms with Crippen molar-refractivity contribution in [3.05, 3.63) is 64.1 Å². The fourth-order valence-corrected chi connectivity index (χ4v) is 3.31. The van der Waals surface area contributed by atoms with E-state index in [1.165, 1.54) is 6.07 Å². The van der Waals surface area contributed by atoms with E-state index in [1.54, 1.807) is 10.9 Å². The summed E-state index contributed by atoms with van der Waals surface area (Å²) in [5, 5.41) is 0. The van der Waals surface area contributed by atoms with Crippen LogP contribution in [-0.2, 0) is 6.61 Å².